The number of ether oxygens (including phenoxy) is 1. The number of anilines is 1. The average molecular weight is 307 g/mol. The molecule has 1 aliphatic rings. The monoisotopic (exact) mass is 307 g/mol. The number of carbonyl (C=O) groups is 1. The van der Waals surface area contributed by atoms with E-state index in [4.69, 9.17) is 4.74 Å². The number of hydrogen-bond acceptors (Lipinski definition) is 6. The molecule has 1 aliphatic heterocycles. The maximum Gasteiger partial charge on any atom is 0.346 e. The summed E-state index contributed by atoms with van der Waals surface area (Å²) in [5, 5.41) is 10.1. The molecule has 1 saturated heterocycles. The van der Waals surface area contributed by atoms with Gasteiger partial charge in [0.05, 0.1) is 11.5 Å². The Morgan fingerprint density at radius 3 is 2.76 bits per heavy atom. The molecule has 0 saturated carbocycles. The van der Waals surface area contributed by atoms with Gasteiger partial charge < -0.3 is 14.7 Å². The number of fused-ring (bicyclic) bond motifs is 1. The van der Waals surface area contributed by atoms with Crippen molar-refractivity contribution in [1.29, 1.82) is 0 Å². The van der Waals surface area contributed by atoms with Gasteiger partial charge in [0.15, 0.2) is 0 Å². The zero-order chi connectivity index (χ0) is 15.0. The van der Waals surface area contributed by atoms with Crippen LogP contribution >= 0.6 is 11.3 Å². The minimum Gasteiger partial charge on any atom is -0.477 e. The minimum absolute atomic E-state index is 0.303. The van der Waals surface area contributed by atoms with E-state index in [1.54, 1.807) is 7.11 Å². The lowest BCUT2D eigenvalue weighted by molar-refractivity contribution is 0.0701. The summed E-state index contributed by atoms with van der Waals surface area (Å²) >= 11 is 1.21. The molecular formula is C14H17N3O3S. The van der Waals surface area contributed by atoms with Crippen LogP contribution in [0.1, 0.15) is 28.1 Å². The predicted octanol–water partition coefficient (Wildman–Crippen LogP) is 2.31. The topological polar surface area (TPSA) is 75.5 Å². The van der Waals surface area contributed by atoms with Gasteiger partial charge in [0.25, 0.3) is 0 Å². The standard InChI is InChI=1S/C14H17N3O3S/c1-8-10-12(17-5-3-9(20-2)4-6-17)15-7-16-13(10)21-11(8)14(18)19/h7,9H,3-6H2,1-2H3,(H,18,19). The van der Waals surface area contributed by atoms with Crippen molar-refractivity contribution in [3.8, 4) is 0 Å². The lowest BCUT2D eigenvalue weighted by Gasteiger charge is -2.32. The van der Waals surface area contributed by atoms with Gasteiger partial charge >= 0.3 is 5.97 Å². The van der Waals surface area contributed by atoms with Gasteiger partial charge in [0.1, 0.15) is 21.9 Å². The van der Waals surface area contributed by atoms with Crippen LogP contribution in [-0.4, -0.2) is 47.3 Å². The summed E-state index contributed by atoms with van der Waals surface area (Å²) in [6, 6.07) is 0. The normalized spacial score (nSPS) is 16.6. The van der Waals surface area contributed by atoms with Gasteiger partial charge in [-0.25, -0.2) is 14.8 Å². The van der Waals surface area contributed by atoms with Crippen molar-refractivity contribution in [2.75, 3.05) is 25.1 Å². The Kier molecular flexibility index (Phi) is 3.77. The van der Waals surface area contributed by atoms with Crippen LogP contribution in [0.2, 0.25) is 0 Å². The smallest absolute Gasteiger partial charge is 0.346 e. The highest BCUT2D eigenvalue weighted by atomic mass is 32.1. The van der Waals surface area contributed by atoms with Gasteiger partial charge in [-0.05, 0) is 25.3 Å². The third-order valence-corrected chi connectivity index (χ3v) is 5.16. The Morgan fingerprint density at radius 2 is 2.14 bits per heavy atom. The first-order valence-corrected chi connectivity index (χ1v) is 7.68. The van der Waals surface area contributed by atoms with E-state index in [0.29, 0.717) is 11.0 Å². The second-order valence-corrected chi connectivity index (χ2v) is 6.16. The van der Waals surface area contributed by atoms with E-state index >= 15 is 0 Å². The van der Waals surface area contributed by atoms with Crippen LogP contribution < -0.4 is 4.90 Å². The van der Waals surface area contributed by atoms with Crippen molar-refractivity contribution in [3.05, 3.63) is 16.8 Å². The summed E-state index contributed by atoms with van der Waals surface area (Å²) in [5.74, 6) is -0.0599. The molecule has 1 fully saturated rings. The summed E-state index contributed by atoms with van der Waals surface area (Å²) in [7, 11) is 1.74. The molecule has 0 amide bonds. The second-order valence-electron chi connectivity index (χ2n) is 5.16. The van der Waals surface area contributed by atoms with Gasteiger partial charge in [-0.1, -0.05) is 0 Å². The van der Waals surface area contributed by atoms with Crippen LogP contribution in [0.3, 0.4) is 0 Å². The molecule has 0 bridgehead atoms. The van der Waals surface area contributed by atoms with Crippen molar-refractivity contribution in [1.82, 2.24) is 9.97 Å². The third kappa shape index (κ3) is 2.47. The summed E-state index contributed by atoms with van der Waals surface area (Å²) in [6.07, 6.45) is 3.73. The SMILES string of the molecule is COC1CCN(c2ncnc3sc(C(=O)O)c(C)c23)CC1. The van der Waals surface area contributed by atoms with E-state index in [1.165, 1.54) is 17.7 Å². The zero-order valence-electron chi connectivity index (χ0n) is 12.0. The number of aromatic carboxylic acids is 1. The molecule has 6 nitrogen and oxygen atoms in total. The summed E-state index contributed by atoms with van der Waals surface area (Å²) in [6.45, 7) is 3.56. The van der Waals surface area contributed by atoms with E-state index in [0.717, 1.165) is 47.5 Å². The first-order valence-electron chi connectivity index (χ1n) is 6.87. The third-order valence-electron chi connectivity index (χ3n) is 3.98. The second kappa shape index (κ2) is 5.57. The first kappa shape index (κ1) is 14.2. The molecule has 3 rings (SSSR count). The van der Waals surface area contributed by atoms with Gasteiger partial charge in [0.2, 0.25) is 0 Å². The quantitative estimate of drug-likeness (QED) is 0.938. The molecule has 3 heterocycles. The first-order chi connectivity index (χ1) is 10.1. The Morgan fingerprint density at radius 1 is 1.43 bits per heavy atom. The number of carboxylic acid groups (broad SMARTS) is 1. The molecule has 0 aromatic carbocycles. The molecule has 0 unspecified atom stereocenters. The number of aryl methyl sites for hydroxylation is 1. The van der Waals surface area contributed by atoms with Crippen LogP contribution in [-0.2, 0) is 4.74 Å². The molecule has 0 radical (unpaired) electrons. The van der Waals surface area contributed by atoms with E-state index in [9.17, 15) is 9.90 Å². The minimum atomic E-state index is -0.903. The van der Waals surface area contributed by atoms with Crippen molar-refractivity contribution in [2.45, 2.75) is 25.9 Å². The van der Waals surface area contributed by atoms with Crippen LogP contribution in [0.25, 0.3) is 10.2 Å². The summed E-state index contributed by atoms with van der Waals surface area (Å²) < 4.78 is 5.39. The molecular weight excluding hydrogens is 290 g/mol. The maximum atomic E-state index is 11.3. The highest BCUT2D eigenvalue weighted by Gasteiger charge is 2.24. The molecule has 112 valence electrons. The number of nitrogens with zero attached hydrogens (tertiary/aromatic N) is 3. The molecule has 21 heavy (non-hydrogen) atoms. The molecule has 2 aromatic heterocycles. The Bertz CT molecular complexity index is 677. The predicted molar refractivity (Wildman–Crippen MR) is 81.4 cm³/mol. The summed E-state index contributed by atoms with van der Waals surface area (Å²) in [5.41, 5.74) is 0.756. The zero-order valence-corrected chi connectivity index (χ0v) is 12.8. The van der Waals surface area contributed by atoms with Crippen LogP contribution in [0.5, 0.6) is 0 Å². The Labute approximate surface area is 126 Å². The Hall–Kier alpha value is -1.73. The highest BCUT2D eigenvalue weighted by Crippen LogP contribution is 2.35. The molecule has 0 atom stereocenters. The summed E-state index contributed by atoms with van der Waals surface area (Å²) in [4.78, 5) is 23.2. The van der Waals surface area contributed by atoms with E-state index in [1.807, 2.05) is 6.92 Å². The fourth-order valence-electron chi connectivity index (χ4n) is 2.80. The van der Waals surface area contributed by atoms with Gasteiger partial charge in [0, 0.05) is 20.2 Å². The molecule has 0 spiro atoms. The molecule has 0 aliphatic carbocycles. The number of thiophene rings is 1. The largest absolute Gasteiger partial charge is 0.477 e. The van der Waals surface area contributed by atoms with Crippen LogP contribution in [0, 0.1) is 6.92 Å². The van der Waals surface area contributed by atoms with Crippen molar-refractivity contribution in [2.24, 2.45) is 0 Å². The molecule has 7 heteroatoms. The number of carboxylic acids is 1. The van der Waals surface area contributed by atoms with Crippen molar-refractivity contribution in [3.63, 3.8) is 0 Å². The van der Waals surface area contributed by atoms with Crippen molar-refractivity contribution >= 4 is 33.3 Å². The highest BCUT2D eigenvalue weighted by molar-refractivity contribution is 7.20. The number of rotatable bonds is 3. The number of methoxy groups -OCH3 is 1. The van der Waals surface area contributed by atoms with E-state index in [2.05, 4.69) is 14.9 Å². The lowest BCUT2D eigenvalue weighted by Crippen LogP contribution is -2.37. The average Bonchev–Trinajstić information content (AvgIpc) is 2.85. The lowest BCUT2D eigenvalue weighted by atomic mass is 10.1. The van der Waals surface area contributed by atoms with Gasteiger partial charge in [-0.3, -0.25) is 0 Å². The van der Waals surface area contributed by atoms with Crippen LogP contribution in [0.4, 0.5) is 5.82 Å². The Balaban J connectivity index is 2.01. The van der Waals surface area contributed by atoms with Crippen LogP contribution in [0.15, 0.2) is 6.33 Å². The molecule has 1 N–H and O–H groups in total. The fourth-order valence-corrected chi connectivity index (χ4v) is 3.78. The maximum absolute atomic E-state index is 11.3. The van der Waals surface area contributed by atoms with E-state index < -0.39 is 5.97 Å². The van der Waals surface area contributed by atoms with E-state index in [-0.39, 0.29) is 0 Å². The van der Waals surface area contributed by atoms with Gasteiger partial charge in [-0.2, -0.15) is 0 Å². The number of hydrogen-bond donors (Lipinski definition) is 1. The fraction of sp³-hybridized carbons (Fsp3) is 0.500. The van der Waals surface area contributed by atoms with Crippen molar-refractivity contribution < 1.29 is 14.6 Å². The molecule has 2 aromatic rings. The van der Waals surface area contributed by atoms with Gasteiger partial charge in [-0.15, -0.1) is 11.3 Å². The number of piperidine rings is 1. The number of aromatic nitrogens is 2.